The second-order valence-electron chi connectivity index (χ2n) is 6.39. The third-order valence-corrected chi connectivity index (χ3v) is 5.09. The number of hydrogen-bond donors (Lipinski definition) is 2. The van der Waals surface area contributed by atoms with Crippen LogP contribution in [-0.4, -0.2) is 46.2 Å². The highest BCUT2D eigenvalue weighted by molar-refractivity contribution is 5.85. The molecule has 0 radical (unpaired) electrons. The summed E-state index contributed by atoms with van der Waals surface area (Å²) < 4.78 is 0. The van der Waals surface area contributed by atoms with Crippen LogP contribution < -0.4 is 0 Å². The van der Waals surface area contributed by atoms with Crippen LogP contribution in [0, 0.1) is 5.41 Å². The Hall–Kier alpha value is -1.10. The number of nitrogens with zero attached hydrogens (tertiary/aromatic N) is 1. The zero-order valence-corrected chi connectivity index (χ0v) is 12.2. The Labute approximate surface area is 120 Å². The van der Waals surface area contributed by atoms with Gasteiger partial charge in [0.25, 0.3) is 0 Å². The summed E-state index contributed by atoms with van der Waals surface area (Å²) in [6.45, 7) is 0. The standard InChI is InChI=1S/C15H25NO4/c1-16(11-6-2-3-7-12(11)17)13(18)10-15(14(19)20)8-4-5-9-15/h11-12,17H,2-10H2,1H3,(H,19,20). The number of amides is 1. The third-order valence-electron chi connectivity index (χ3n) is 5.09. The van der Waals surface area contributed by atoms with Crippen molar-refractivity contribution in [3.63, 3.8) is 0 Å². The van der Waals surface area contributed by atoms with Gasteiger partial charge in [0.1, 0.15) is 0 Å². The van der Waals surface area contributed by atoms with Gasteiger partial charge in [-0.2, -0.15) is 0 Å². The average molecular weight is 283 g/mol. The number of aliphatic carboxylic acids is 1. The summed E-state index contributed by atoms with van der Waals surface area (Å²) in [5, 5.41) is 19.4. The van der Waals surface area contributed by atoms with Gasteiger partial charge in [-0.3, -0.25) is 9.59 Å². The Balaban J connectivity index is 2.01. The first-order valence-electron chi connectivity index (χ1n) is 7.63. The van der Waals surface area contributed by atoms with Crippen molar-refractivity contribution in [2.75, 3.05) is 7.05 Å². The second kappa shape index (κ2) is 6.12. The molecule has 1 amide bonds. The first-order chi connectivity index (χ1) is 9.46. The van der Waals surface area contributed by atoms with Gasteiger partial charge in [-0.25, -0.2) is 0 Å². The molecule has 20 heavy (non-hydrogen) atoms. The number of hydrogen-bond acceptors (Lipinski definition) is 3. The molecule has 5 nitrogen and oxygen atoms in total. The largest absolute Gasteiger partial charge is 0.481 e. The number of rotatable bonds is 4. The molecule has 2 aliphatic carbocycles. The second-order valence-corrected chi connectivity index (χ2v) is 6.39. The van der Waals surface area contributed by atoms with Gasteiger partial charge in [-0.1, -0.05) is 25.7 Å². The lowest BCUT2D eigenvalue weighted by molar-refractivity contribution is -0.154. The van der Waals surface area contributed by atoms with Crippen LogP contribution in [0.3, 0.4) is 0 Å². The molecular weight excluding hydrogens is 258 g/mol. The van der Waals surface area contributed by atoms with E-state index in [1.807, 2.05) is 0 Å². The predicted molar refractivity (Wildman–Crippen MR) is 74.2 cm³/mol. The number of aliphatic hydroxyl groups is 1. The Morgan fingerprint density at radius 2 is 1.75 bits per heavy atom. The zero-order valence-electron chi connectivity index (χ0n) is 12.2. The minimum Gasteiger partial charge on any atom is -0.481 e. The van der Waals surface area contributed by atoms with Gasteiger partial charge < -0.3 is 15.1 Å². The first kappa shape index (κ1) is 15.3. The number of carboxylic acids is 1. The normalized spacial score (nSPS) is 29.1. The van der Waals surface area contributed by atoms with Crippen LogP contribution in [0.15, 0.2) is 0 Å². The van der Waals surface area contributed by atoms with Crippen molar-refractivity contribution in [3.05, 3.63) is 0 Å². The van der Waals surface area contributed by atoms with Crippen molar-refractivity contribution >= 4 is 11.9 Å². The van der Waals surface area contributed by atoms with Gasteiger partial charge >= 0.3 is 5.97 Å². The van der Waals surface area contributed by atoms with Gasteiger partial charge in [0.05, 0.1) is 17.6 Å². The summed E-state index contributed by atoms with van der Waals surface area (Å²) >= 11 is 0. The van der Waals surface area contributed by atoms with E-state index in [1.165, 1.54) is 0 Å². The van der Waals surface area contributed by atoms with Crippen molar-refractivity contribution in [1.29, 1.82) is 0 Å². The lowest BCUT2D eigenvalue weighted by Crippen LogP contribution is -2.48. The van der Waals surface area contributed by atoms with E-state index in [4.69, 9.17) is 0 Å². The van der Waals surface area contributed by atoms with E-state index in [2.05, 4.69) is 0 Å². The summed E-state index contributed by atoms with van der Waals surface area (Å²) in [4.78, 5) is 25.5. The van der Waals surface area contributed by atoms with Crippen LogP contribution in [0.2, 0.25) is 0 Å². The van der Waals surface area contributed by atoms with Crippen LogP contribution in [-0.2, 0) is 9.59 Å². The molecule has 0 aliphatic heterocycles. The highest BCUT2D eigenvalue weighted by Crippen LogP contribution is 2.42. The van der Waals surface area contributed by atoms with E-state index in [9.17, 15) is 19.8 Å². The van der Waals surface area contributed by atoms with Crippen molar-refractivity contribution < 1.29 is 19.8 Å². The van der Waals surface area contributed by atoms with E-state index in [0.29, 0.717) is 12.8 Å². The first-order valence-corrected chi connectivity index (χ1v) is 7.63. The smallest absolute Gasteiger partial charge is 0.310 e. The van der Waals surface area contributed by atoms with Gasteiger partial charge in [0.2, 0.25) is 5.91 Å². The SMILES string of the molecule is CN(C(=O)CC1(C(=O)O)CCCC1)C1CCCCC1O. The predicted octanol–water partition coefficient (Wildman–Crippen LogP) is 1.78. The topological polar surface area (TPSA) is 77.8 Å². The molecular formula is C15H25NO4. The molecule has 0 aromatic rings. The molecule has 0 aromatic carbocycles. The lowest BCUT2D eigenvalue weighted by atomic mass is 9.82. The minimum absolute atomic E-state index is 0.0715. The van der Waals surface area contributed by atoms with Crippen molar-refractivity contribution in [3.8, 4) is 0 Å². The average Bonchev–Trinajstić information content (AvgIpc) is 2.88. The fourth-order valence-corrected chi connectivity index (χ4v) is 3.66. The molecule has 2 N–H and O–H groups in total. The molecule has 2 rings (SSSR count). The lowest BCUT2D eigenvalue weighted by Gasteiger charge is -2.36. The molecule has 0 aromatic heterocycles. The van der Waals surface area contributed by atoms with E-state index in [0.717, 1.165) is 38.5 Å². The van der Waals surface area contributed by atoms with Crippen molar-refractivity contribution in [1.82, 2.24) is 4.90 Å². The number of carbonyl (C=O) groups excluding carboxylic acids is 1. The Morgan fingerprint density at radius 1 is 1.15 bits per heavy atom. The number of likely N-dealkylation sites (N-methyl/N-ethyl adjacent to an activating group) is 1. The Bertz CT molecular complexity index is 376. The fourth-order valence-electron chi connectivity index (χ4n) is 3.66. The van der Waals surface area contributed by atoms with Crippen LogP contribution in [0.5, 0.6) is 0 Å². The maximum atomic E-state index is 12.4. The minimum atomic E-state index is -0.870. The van der Waals surface area contributed by atoms with E-state index in [-0.39, 0.29) is 18.4 Å². The molecule has 114 valence electrons. The molecule has 2 atom stereocenters. The summed E-state index contributed by atoms with van der Waals surface area (Å²) in [7, 11) is 1.70. The van der Waals surface area contributed by atoms with E-state index in [1.54, 1.807) is 11.9 Å². The maximum absolute atomic E-state index is 12.4. The molecule has 2 aliphatic rings. The van der Waals surface area contributed by atoms with Crippen LogP contribution in [0.25, 0.3) is 0 Å². The van der Waals surface area contributed by atoms with Gasteiger partial charge in [-0.05, 0) is 25.7 Å². The molecule has 0 spiro atoms. The summed E-state index contributed by atoms with van der Waals surface area (Å²) in [5.41, 5.74) is -0.870. The molecule has 5 heteroatoms. The Kier molecular flexibility index (Phi) is 4.68. The van der Waals surface area contributed by atoms with Crippen molar-refractivity contribution in [2.24, 2.45) is 5.41 Å². The molecule has 0 heterocycles. The molecule has 2 saturated carbocycles. The maximum Gasteiger partial charge on any atom is 0.310 e. The van der Waals surface area contributed by atoms with E-state index < -0.39 is 17.5 Å². The summed E-state index contributed by atoms with van der Waals surface area (Å²) in [6.07, 6.45) is 6.11. The Morgan fingerprint density at radius 3 is 2.30 bits per heavy atom. The molecule has 2 unspecified atom stereocenters. The molecule has 0 saturated heterocycles. The highest BCUT2D eigenvalue weighted by Gasteiger charge is 2.44. The van der Waals surface area contributed by atoms with Crippen LogP contribution in [0.4, 0.5) is 0 Å². The fraction of sp³-hybridized carbons (Fsp3) is 0.867. The van der Waals surface area contributed by atoms with Gasteiger partial charge in [0.15, 0.2) is 0 Å². The quantitative estimate of drug-likeness (QED) is 0.824. The van der Waals surface area contributed by atoms with Gasteiger partial charge in [-0.15, -0.1) is 0 Å². The summed E-state index contributed by atoms with van der Waals surface area (Å²) in [5.74, 6) is -0.985. The number of carbonyl (C=O) groups is 2. The van der Waals surface area contributed by atoms with Crippen molar-refractivity contribution in [2.45, 2.75) is 69.9 Å². The monoisotopic (exact) mass is 283 g/mol. The van der Waals surface area contributed by atoms with Crippen LogP contribution >= 0.6 is 0 Å². The molecule has 2 fully saturated rings. The number of carboxylic acid groups (broad SMARTS) is 1. The number of aliphatic hydroxyl groups excluding tert-OH is 1. The van der Waals surface area contributed by atoms with Crippen LogP contribution in [0.1, 0.15) is 57.8 Å². The van der Waals surface area contributed by atoms with E-state index >= 15 is 0 Å². The highest BCUT2D eigenvalue weighted by atomic mass is 16.4. The summed E-state index contributed by atoms with van der Waals surface area (Å²) in [6, 6.07) is -0.150. The molecule has 0 bridgehead atoms. The third kappa shape index (κ3) is 2.97. The zero-order chi connectivity index (χ0) is 14.8. The van der Waals surface area contributed by atoms with Gasteiger partial charge in [0, 0.05) is 13.5 Å².